The highest BCUT2D eigenvalue weighted by molar-refractivity contribution is 5.75. The summed E-state index contributed by atoms with van der Waals surface area (Å²) < 4.78 is 5.12. The van der Waals surface area contributed by atoms with Crippen LogP contribution in [0.25, 0.3) is 0 Å². The van der Waals surface area contributed by atoms with Gasteiger partial charge in [-0.1, -0.05) is 0 Å². The number of carbonyl (C=O) groups excluding carboxylic acids is 1. The Hall–Kier alpha value is -0.570. The highest BCUT2D eigenvalue weighted by Crippen LogP contribution is 2.26. The maximum absolute atomic E-state index is 11.3. The minimum absolute atomic E-state index is 0.0493. The van der Waals surface area contributed by atoms with Crippen LogP contribution >= 0.6 is 0 Å². The van der Waals surface area contributed by atoms with Crippen LogP contribution in [0.2, 0.25) is 0 Å². The van der Waals surface area contributed by atoms with Crippen LogP contribution in [0, 0.1) is 5.41 Å². The summed E-state index contributed by atoms with van der Waals surface area (Å²) >= 11 is 0. The fourth-order valence-electron chi connectivity index (χ4n) is 0.962. The number of aliphatic hydroxyl groups excluding tert-OH is 1. The zero-order valence-corrected chi connectivity index (χ0v) is 7.83. The van der Waals surface area contributed by atoms with Gasteiger partial charge in [-0.25, -0.2) is 0 Å². The molecule has 0 saturated heterocycles. The van der Waals surface area contributed by atoms with Gasteiger partial charge in [0.15, 0.2) is 0 Å². The largest absolute Gasteiger partial charge is 0.462 e. The number of esters is 1. The van der Waals surface area contributed by atoms with E-state index in [9.17, 15) is 4.79 Å². The number of hydrogen-bond acceptors (Lipinski definition) is 3. The lowest BCUT2D eigenvalue weighted by Gasteiger charge is -2.32. The lowest BCUT2D eigenvalue weighted by atomic mass is 9.91. The van der Waals surface area contributed by atoms with E-state index in [1.165, 1.54) is 0 Å². The predicted octanol–water partition coefficient (Wildman–Crippen LogP) is 1.10. The van der Waals surface area contributed by atoms with Crippen molar-refractivity contribution in [3.05, 3.63) is 0 Å². The summed E-state index contributed by atoms with van der Waals surface area (Å²) in [6, 6.07) is 0. The van der Waals surface area contributed by atoms with Gasteiger partial charge in [0.25, 0.3) is 0 Å². The van der Waals surface area contributed by atoms with Gasteiger partial charge in [-0.15, -0.1) is 0 Å². The molecular weight excluding hydrogens is 156 g/mol. The molecule has 1 aliphatic carbocycles. The molecule has 0 heterocycles. The fourth-order valence-corrected chi connectivity index (χ4v) is 0.962. The van der Waals surface area contributed by atoms with Gasteiger partial charge in [0.1, 0.15) is 6.10 Å². The Morgan fingerprint density at radius 1 is 1.42 bits per heavy atom. The molecule has 0 bridgehead atoms. The zero-order valence-electron chi connectivity index (χ0n) is 7.83. The molecular formula is C9H16O3. The maximum Gasteiger partial charge on any atom is 0.311 e. The summed E-state index contributed by atoms with van der Waals surface area (Å²) in [5.41, 5.74) is -0.430. The summed E-state index contributed by atoms with van der Waals surface area (Å²) in [5.74, 6) is -0.181. The molecule has 0 atom stereocenters. The molecule has 0 aromatic rings. The van der Waals surface area contributed by atoms with Crippen LogP contribution in [0.1, 0.15) is 33.6 Å². The van der Waals surface area contributed by atoms with Crippen LogP contribution in [0.5, 0.6) is 0 Å². The van der Waals surface area contributed by atoms with Crippen molar-refractivity contribution in [2.75, 3.05) is 0 Å². The number of aliphatic hydroxyl groups is 1. The Balaban J connectivity index is 2.28. The lowest BCUT2D eigenvalue weighted by Crippen LogP contribution is -2.39. The van der Waals surface area contributed by atoms with E-state index >= 15 is 0 Å². The highest BCUT2D eigenvalue weighted by atomic mass is 16.5. The number of ether oxygens (including phenoxy) is 1. The van der Waals surface area contributed by atoms with Crippen LogP contribution < -0.4 is 0 Å². The maximum atomic E-state index is 11.3. The Labute approximate surface area is 72.7 Å². The summed E-state index contributed by atoms with van der Waals surface area (Å²) in [4.78, 5) is 11.3. The Morgan fingerprint density at radius 2 is 1.92 bits per heavy atom. The van der Waals surface area contributed by atoms with Crippen LogP contribution in [-0.4, -0.2) is 23.3 Å². The number of carbonyl (C=O) groups is 1. The second-order valence-corrected chi connectivity index (χ2v) is 4.40. The van der Waals surface area contributed by atoms with Crippen molar-refractivity contribution in [2.24, 2.45) is 5.41 Å². The molecule has 0 radical (unpaired) electrons. The minimum atomic E-state index is -0.430. The average molecular weight is 172 g/mol. The third-order valence-electron chi connectivity index (χ3n) is 1.96. The molecule has 70 valence electrons. The summed E-state index contributed by atoms with van der Waals surface area (Å²) in [5, 5.41) is 8.94. The number of hydrogen-bond donors (Lipinski definition) is 1. The second-order valence-electron chi connectivity index (χ2n) is 4.40. The summed E-state index contributed by atoms with van der Waals surface area (Å²) in [6.07, 6.45) is 0.887. The van der Waals surface area contributed by atoms with Crippen LogP contribution in [-0.2, 0) is 9.53 Å². The van der Waals surface area contributed by atoms with Crippen molar-refractivity contribution in [1.82, 2.24) is 0 Å². The van der Waals surface area contributed by atoms with E-state index in [0.29, 0.717) is 12.8 Å². The van der Waals surface area contributed by atoms with Gasteiger partial charge in [-0.05, 0) is 20.8 Å². The van der Waals surface area contributed by atoms with Gasteiger partial charge in [0.2, 0.25) is 0 Å². The first kappa shape index (κ1) is 9.52. The molecule has 3 heteroatoms. The molecule has 1 rings (SSSR count). The van der Waals surface area contributed by atoms with Crippen LogP contribution in [0.4, 0.5) is 0 Å². The standard InChI is InChI=1S/C9H16O3/c1-9(2,3)8(11)12-7-4-6(10)5-7/h6-7,10H,4-5H2,1-3H3/t6-,7+. The fraction of sp³-hybridized carbons (Fsp3) is 0.889. The molecule has 0 aromatic heterocycles. The molecule has 1 fully saturated rings. The summed E-state index contributed by atoms with van der Waals surface area (Å²) in [7, 11) is 0. The molecule has 1 saturated carbocycles. The quantitative estimate of drug-likeness (QED) is 0.602. The number of rotatable bonds is 1. The molecule has 0 unspecified atom stereocenters. The van der Waals surface area contributed by atoms with E-state index in [0.717, 1.165) is 0 Å². The van der Waals surface area contributed by atoms with E-state index in [-0.39, 0.29) is 18.2 Å². The third kappa shape index (κ3) is 2.21. The Bertz CT molecular complexity index is 175. The van der Waals surface area contributed by atoms with Gasteiger partial charge in [0, 0.05) is 12.8 Å². The van der Waals surface area contributed by atoms with E-state index in [2.05, 4.69) is 0 Å². The van der Waals surface area contributed by atoms with Crippen molar-refractivity contribution < 1.29 is 14.6 Å². The van der Waals surface area contributed by atoms with Crippen molar-refractivity contribution in [2.45, 2.75) is 45.8 Å². The van der Waals surface area contributed by atoms with Crippen molar-refractivity contribution in [3.8, 4) is 0 Å². The second kappa shape index (κ2) is 3.05. The summed E-state index contributed by atoms with van der Waals surface area (Å²) in [6.45, 7) is 5.47. The first-order valence-corrected chi connectivity index (χ1v) is 4.29. The molecule has 0 aliphatic heterocycles. The first-order chi connectivity index (χ1) is 5.39. The highest BCUT2D eigenvalue weighted by Gasteiger charge is 2.33. The average Bonchev–Trinajstić information content (AvgIpc) is 1.82. The molecule has 1 N–H and O–H groups in total. The lowest BCUT2D eigenvalue weighted by molar-refractivity contribution is -0.168. The smallest absolute Gasteiger partial charge is 0.311 e. The van der Waals surface area contributed by atoms with E-state index in [1.807, 2.05) is 20.8 Å². The van der Waals surface area contributed by atoms with Gasteiger partial charge in [-0.3, -0.25) is 4.79 Å². The molecule has 0 aromatic carbocycles. The van der Waals surface area contributed by atoms with Crippen molar-refractivity contribution in [3.63, 3.8) is 0 Å². The molecule has 3 nitrogen and oxygen atoms in total. The molecule has 12 heavy (non-hydrogen) atoms. The van der Waals surface area contributed by atoms with Gasteiger partial charge in [0.05, 0.1) is 11.5 Å². The molecule has 0 spiro atoms. The van der Waals surface area contributed by atoms with Gasteiger partial charge >= 0.3 is 5.97 Å². The first-order valence-electron chi connectivity index (χ1n) is 4.29. The van der Waals surface area contributed by atoms with E-state index in [4.69, 9.17) is 9.84 Å². The van der Waals surface area contributed by atoms with E-state index < -0.39 is 5.41 Å². The zero-order chi connectivity index (χ0) is 9.35. The van der Waals surface area contributed by atoms with Gasteiger partial charge < -0.3 is 9.84 Å². The Morgan fingerprint density at radius 3 is 2.25 bits per heavy atom. The molecule has 0 amide bonds. The normalized spacial score (nSPS) is 29.3. The minimum Gasteiger partial charge on any atom is -0.462 e. The Kier molecular flexibility index (Phi) is 2.42. The monoisotopic (exact) mass is 172 g/mol. The van der Waals surface area contributed by atoms with Crippen LogP contribution in [0.3, 0.4) is 0 Å². The SMILES string of the molecule is CC(C)(C)C(=O)O[C@H]1C[C@@H](O)C1. The van der Waals surface area contributed by atoms with E-state index in [1.54, 1.807) is 0 Å². The van der Waals surface area contributed by atoms with Crippen molar-refractivity contribution in [1.29, 1.82) is 0 Å². The van der Waals surface area contributed by atoms with Crippen molar-refractivity contribution >= 4 is 5.97 Å². The predicted molar refractivity (Wildman–Crippen MR) is 44.6 cm³/mol. The topological polar surface area (TPSA) is 46.5 Å². The van der Waals surface area contributed by atoms with Gasteiger partial charge in [-0.2, -0.15) is 0 Å². The van der Waals surface area contributed by atoms with Crippen LogP contribution in [0.15, 0.2) is 0 Å². The third-order valence-corrected chi connectivity index (χ3v) is 1.96. The molecule has 1 aliphatic rings.